The summed E-state index contributed by atoms with van der Waals surface area (Å²) in [5.41, 5.74) is -0.561. The summed E-state index contributed by atoms with van der Waals surface area (Å²) in [6.07, 6.45) is 4.89. The highest BCUT2D eigenvalue weighted by Crippen LogP contribution is 2.20. The van der Waals surface area contributed by atoms with E-state index in [2.05, 4.69) is 10.2 Å². The van der Waals surface area contributed by atoms with E-state index in [1.54, 1.807) is 0 Å². The Morgan fingerprint density at radius 2 is 1.74 bits per heavy atom. The summed E-state index contributed by atoms with van der Waals surface area (Å²) in [4.78, 5) is 25.2. The zero-order valence-electron chi connectivity index (χ0n) is 12.2. The number of hydrogen-bond donors (Lipinski definition) is 2. The summed E-state index contributed by atoms with van der Waals surface area (Å²) < 4.78 is 0. The van der Waals surface area contributed by atoms with Gasteiger partial charge in [0.25, 0.3) is 0 Å². The van der Waals surface area contributed by atoms with Crippen LogP contribution in [-0.2, 0) is 9.59 Å². The number of amides is 1. The smallest absolute Gasteiger partial charge is 0.325 e. The molecule has 19 heavy (non-hydrogen) atoms. The van der Waals surface area contributed by atoms with E-state index in [9.17, 15) is 9.59 Å². The Bertz CT molecular complexity index is 321. The molecule has 1 heterocycles. The average Bonchev–Trinajstić information content (AvgIpc) is 2.56. The molecule has 5 nitrogen and oxygen atoms in total. The van der Waals surface area contributed by atoms with E-state index in [-0.39, 0.29) is 5.91 Å². The van der Waals surface area contributed by atoms with E-state index < -0.39 is 17.4 Å². The Kier molecular flexibility index (Phi) is 5.79. The average molecular weight is 270 g/mol. The zero-order valence-corrected chi connectivity index (χ0v) is 12.2. The molecule has 1 saturated heterocycles. The fourth-order valence-corrected chi connectivity index (χ4v) is 2.38. The molecule has 1 aliphatic rings. The normalized spacial score (nSPS) is 19.5. The highest BCUT2D eigenvalue weighted by Gasteiger charge is 2.32. The van der Waals surface area contributed by atoms with E-state index in [0.29, 0.717) is 6.54 Å². The molecule has 1 unspecified atom stereocenters. The molecule has 0 aromatic heterocycles. The van der Waals surface area contributed by atoms with Crippen LogP contribution in [0, 0.1) is 5.41 Å². The molecule has 110 valence electrons. The van der Waals surface area contributed by atoms with Crippen LogP contribution < -0.4 is 5.32 Å². The molecule has 5 heteroatoms. The van der Waals surface area contributed by atoms with Crippen molar-refractivity contribution in [3.63, 3.8) is 0 Å². The van der Waals surface area contributed by atoms with Gasteiger partial charge in [-0.05, 0) is 46.7 Å². The highest BCUT2D eigenvalue weighted by molar-refractivity contribution is 5.86. The first-order chi connectivity index (χ1) is 8.83. The maximum Gasteiger partial charge on any atom is 0.325 e. The molecule has 0 spiro atoms. The molecule has 0 aromatic rings. The quantitative estimate of drug-likeness (QED) is 0.794. The van der Waals surface area contributed by atoms with Crippen LogP contribution in [0.25, 0.3) is 0 Å². The van der Waals surface area contributed by atoms with Crippen LogP contribution in [0.3, 0.4) is 0 Å². The number of carbonyl (C=O) groups is 2. The third-order valence-electron chi connectivity index (χ3n) is 3.65. The van der Waals surface area contributed by atoms with Crippen LogP contribution in [0.15, 0.2) is 0 Å². The number of rotatable bonds is 5. The van der Waals surface area contributed by atoms with Gasteiger partial charge in [-0.2, -0.15) is 0 Å². The lowest BCUT2D eigenvalue weighted by molar-refractivity contribution is -0.143. The minimum atomic E-state index is -1.00. The van der Waals surface area contributed by atoms with E-state index in [0.717, 1.165) is 13.1 Å². The lowest BCUT2D eigenvalue weighted by atomic mass is 9.91. The number of hydrogen-bond acceptors (Lipinski definition) is 3. The van der Waals surface area contributed by atoms with Crippen molar-refractivity contribution in [2.75, 3.05) is 19.6 Å². The molecule has 2 N–H and O–H groups in total. The number of carbonyl (C=O) groups excluding carboxylic acids is 1. The SMILES string of the molecule is CC(NC(=O)C(C)(C)CN1CCCCCC1)C(=O)O. The van der Waals surface area contributed by atoms with Gasteiger partial charge in [0.15, 0.2) is 0 Å². The van der Waals surface area contributed by atoms with Crippen LogP contribution in [0.2, 0.25) is 0 Å². The molecule has 0 bridgehead atoms. The summed E-state index contributed by atoms with van der Waals surface area (Å²) in [5, 5.41) is 11.4. The first-order valence-electron chi connectivity index (χ1n) is 7.09. The summed E-state index contributed by atoms with van der Waals surface area (Å²) in [5.74, 6) is -1.19. The molecular formula is C14H26N2O3. The predicted molar refractivity (Wildman–Crippen MR) is 73.9 cm³/mol. The second kappa shape index (κ2) is 6.89. The van der Waals surface area contributed by atoms with Gasteiger partial charge >= 0.3 is 5.97 Å². The topological polar surface area (TPSA) is 69.6 Å². The molecule has 0 radical (unpaired) electrons. The molecule has 1 aliphatic heterocycles. The third-order valence-corrected chi connectivity index (χ3v) is 3.65. The molecule has 1 atom stereocenters. The van der Waals surface area contributed by atoms with Gasteiger partial charge in [-0.3, -0.25) is 9.59 Å². The molecule has 1 amide bonds. The van der Waals surface area contributed by atoms with Gasteiger partial charge in [0, 0.05) is 6.54 Å². The Balaban J connectivity index is 2.53. The zero-order chi connectivity index (χ0) is 14.5. The monoisotopic (exact) mass is 270 g/mol. The molecule has 1 fully saturated rings. The molecule has 1 rings (SSSR count). The van der Waals surface area contributed by atoms with Gasteiger partial charge in [0.2, 0.25) is 5.91 Å². The first kappa shape index (κ1) is 16.0. The lowest BCUT2D eigenvalue weighted by Crippen LogP contribution is -2.49. The van der Waals surface area contributed by atoms with Gasteiger partial charge in [-0.1, -0.05) is 12.8 Å². The van der Waals surface area contributed by atoms with Crippen LogP contribution in [0.5, 0.6) is 0 Å². The summed E-state index contributed by atoms with van der Waals surface area (Å²) in [6, 6.07) is -0.837. The Morgan fingerprint density at radius 3 is 2.21 bits per heavy atom. The summed E-state index contributed by atoms with van der Waals surface area (Å²) in [6.45, 7) is 7.99. The number of likely N-dealkylation sites (tertiary alicyclic amines) is 1. The van der Waals surface area contributed by atoms with Crippen LogP contribution in [0.1, 0.15) is 46.5 Å². The van der Waals surface area contributed by atoms with Crippen molar-refractivity contribution in [1.82, 2.24) is 10.2 Å². The second-order valence-electron chi connectivity index (χ2n) is 6.11. The molecular weight excluding hydrogens is 244 g/mol. The predicted octanol–water partition coefficient (Wildman–Crippen LogP) is 1.48. The maximum atomic E-state index is 12.1. The first-order valence-corrected chi connectivity index (χ1v) is 7.09. The van der Waals surface area contributed by atoms with Crippen LogP contribution >= 0.6 is 0 Å². The van der Waals surface area contributed by atoms with Crippen molar-refractivity contribution >= 4 is 11.9 Å². The third kappa shape index (κ3) is 5.19. The van der Waals surface area contributed by atoms with Gasteiger partial charge in [-0.25, -0.2) is 0 Å². The minimum absolute atomic E-state index is 0.188. The van der Waals surface area contributed by atoms with E-state index in [4.69, 9.17) is 5.11 Å². The van der Waals surface area contributed by atoms with Crippen LogP contribution in [0.4, 0.5) is 0 Å². The van der Waals surface area contributed by atoms with E-state index in [1.807, 2.05) is 13.8 Å². The number of aliphatic carboxylic acids is 1. The second-order valence-corrected chi connectivity index (χ2v) is 6.11. The van der Waals surface area contributed by atoms with Gasteiger partial charge < -0.3 is 15.3 Å². The van der Waals surface area contributed by atoms with Gasteiger partial charge in [-0.15, -0.1) is 0 Å². The Morgan fingerprint density at radius 1 is 1.21 bits per heavy atom. The van der Waals surface area contributed by atoms with Crippen molar-refractivity contribution in [1.29, 1.82) is 0 Å². The Labute approximate surface area is 115 Å². The van der Waals surface area contributed by atoms with Crippen molar-refractivity contribution in [2.24, 2.45) is 5.41 Å². The van der Waals surface area contributed by atoms with Gasteiger partial charge in [0.05, 0.1) is 5.41 Å². The summed E-state index contributed by atoms with van der Waals surface area (Å²) >= 11 is 0. The molecule has 0 aromatic carbocycles. The summed E-state index contributed by atoms with van der Waals surface area (Å²) in [7, 11) is 0. The van der Waals surface area contributed by atoms with Crippen molar-refractivity contribution in [3.05, 3.63) is 0 Å². The van der Waals surface area contributed by atoms with E-state index in [1.165, 1.54) is 32.6 Å². The lowest BCUT2D eigenvalue weighted by Gasteiger charge is -2.31. The van der Waals surface area contributed by atoms with Crippen molar-refractivity contribution < 1.29 is 14.7 Å². The Hall–Kier alpha value is -1.10. The fourth-order valence-electron chi connectivity index (χ4n) is 2.38. The maximum absolute atomic E-state index is 12.1. The number of carboxylic acids is 1. The van der Waals surface area contributed by atoms with Gasteiger partial charge in [0.1, 0.15) is 6.04 Å². The number of nitrogens with one attached hydrogen (secondary N) is 1. The van der Waals surface area contributed by atoms with Crippen molar-refractivity contribution in [3.8, 4) is 0 Å². The fraction of sp³-hybridized carbons (Fsp3) is 0.857. The number of carboxylic acid groups (broad SMARTS) is 1. The molecule has 0 saturated carbocycles. The molecule has 0 aliphatic carbocycles. The standard InChI is InChI=1S/C14H26N2O3/c1-11(12(17)18)15-13(19)14(2,3)10-16-8-6-4-5-7-9-16/h11H,4-10H2,1-3H3,(H,15,19)(H,17,18). The van der Waals surface area contributed by atoms with Crippen molar-refractivity contribution in [2.45, 2.75) is 52.5 Å². The number of nitrogens with zero attached hydrogens (tertiary/aromatic N) is 1. The largest absolute Gasteiger partial charge is 0.480 e. The highest BCUT2D eigenvalue weighted by atomic mass is 16.4. The van der Waals surface area contributed by atoms with Crippen LogP contribution in [-0.4, -0.2) is 47.6 Å². The minimum Gasteiger partial charge on any atom is -0.480 e. The van der Waals surface area contributed by atoms with E-state index >= 15 is 0 Å².